The quantitative estimate of drug-likeness (QED) is 0.593. The van der Waals surface area contributed by atoms with Gasteiger partial charge in [0, 0.05) is 5.30 Å². The highest BCUT2D eigenvalue weighted by Gasteiger charge is 2.12. The lowest BCUT2D eigenvalue weighted by molar-refractivity contribution is 0.174. The number of rotatable bonds is 1. The fraction of sp³-hybridized carbons (Fsp3) is 0.143. The fourth-order valence-electron chi connectivity index (χ4n) is 0.942. The summed E-state index contributed by atoms with van der Waals surface area (Å²) in [7, 11) is 0.00864. The Morgan fingerprint density at radius 1 is 1.27 bits per heavy atom. The van der Waals surface area contributed by atoms with Crippen molar-refractivity contribution in [2.75, 3.05) is 6.79 Å². The molecular formula is C7H5O3P. The molecule has 0 aromatic heterocycles. The lowest BCUT2D eigenvalue weighted by Crippen LogP contribution is -1.93. The van der Waals surface area contributed by atoms with Gasteiger partial charge in [0.2, 0.25) is 6.79 Å². The lowest BCUT2D eigenvalue weighted by atomic mass is 10.3. The van der Waals surface area contributed by atoms with Gasteiger partial charge in [0.1, 0.15) is 0 Å². The summed E-state index contributed by atoms with van der Waals surface area (Å²) in [4.78, 5) is 0. The number of hydrogen-bond acceptors (Lipinski definition) is 3. The van der Waals surface area contributed by atoms with Gasteiger partial charge in [-0.15, -0.1) is 0 Å². The van der Waals surface area contributed by atoms with Gasteiger partial charge in [-0.3, -0.25) is 4.57 Å². The van der Waals surface area contributed by atoms with Crippen molar-refractivity contribution in [3.8, 4) is 11.5 Å². The van der Waals surface area contributed by atoms with Gasteiger partial charge in [0.25, 0.3) is 0 Å². The highest BCUT2D eigenvalue weighted by Crippen LogP contribution is 2.30. The van der Waals surface area contributed by atoms with E-state index in [0.717, 1.165) is 5.75 Å². The molecule has 0 unspecified atom stereocenters. The summed E-state index contributed by atoms with van der Waals surface area (Å²) >= 11 is 0. The van der Waals surface area contributed by atoms with Crippen molar-refractivity contribution in [2.24, 2.45) is 0 Å². The van der Waals surface area contributed by atoms with Crippen molar-refractivity contribution in [3.05, 3.63) is 18.2 Å². The van der Waals surface area contributed by atoms with E-state index in [1.165, 1.54) is 0 Å². The number of ether oxygens (including phenoxy) is 2. The van der Waals surface area contributed by atoms with E-state index in [1.54, 1.807) is 18.2 Å². The molecule has 1 aliphatic rings. The number of fused-ring (bicyclic) bond motifs is 1. The van der Waals surface area contributed by atoms with Crippen LogP contribution in [0.25, 0.3) is 0 Å². The van der Waals surface area contributed by atoms with Gasteiger partial charge in [0.05, 0.1) is 0 Å². The topological polar surface area (TPSA) is 35.5 Å². The Hall–Kier alpha value is -1.08. The highest BCUT2D eigenvalue weighted by atomic mass is 31.1. The first-order valence-corrected chi connectivity index (χ1v) is 3.94. The van der Waals surface area contributed by atoms with E-state index in [0.29, 0.717) is 11.1 Å². The van der Waals surface area contributed by atoms with E-state index in [1.807, 2.05) is 0 Å². The van der Waals surface area contributed by atoms with Gasteiger partial charge in [-0.05, 0) is 18.2 Å². The van der Waals surface area contributed by atoms with E-state index in [4.69, 9.17) is 9.47 Å². The second-order valence-corrected chi connectivity index (χ2v) is 2.83. The van der Waals surface area contributed by atoms with Crippen molar-refractivity contribution in [1.29, 1.82) is 0 Å². The third-order valence-corrected chi connectivity index (χ3v) is 1.95. The second-order valence-electron chi connectivity index (χ2n) is 2.13. The predicted molar refractivity (Wildman–Crippen MR) is 39.8 cm³/mol. The number of benzene rings is 1. The van der Waals surface area contributed by atoms with Crippen LogP contribution in [0.15, 0.2) is 18.2 Å². The first kappa shape index (κ1) is 6.62. The Bertz CT molecular complexity index is 298. The van der Waals surface area contributed by atoms with Gasteiger partial charge in [0.15, 0.2) is 20.0 Å². The standard InChI is InChI=1S/C7H5O3P/c8-11-5-1-2-6-7(3-5)10-4-9-6/h1-3H,4H2. The molecule has 0 spiro atoms. The van der Waals surface area contributed by atoms with Crippen LogP contribution < -0.4 is 14.8 Å². The molecule has 1 heterocycles. The normalized spacial score (nSPS) is 13.8. The molecular weight excluding hydrogens is 163 g/mol. The van der Waals surface area contributed by atoms with Crippen molar-refractivity contribution in [2.45, 2.75) is 0 Å². The van der Waals surface area contributed by atoms with Crippen LogP contribution in [-0.4, -0.2) is 6.79 Å². The van der Waals surface area contributed by atoms with Crippen LogP contribution in [0.1, 0.15) is 0 Å². The summed E-state index contributed by atoms with van der Waals surface area (Å²) in [5.74, 6) is 1.39. The van der Waals surface area contributed by atoms with Crippen molar-refractivity contribution < 1.29 is 14.0 Å². The van der Waals surface area contributed by atoms with E-state index in [2.05, 4.69) is 0 Å². The van der Waals surface area contributed by atoms with Crippen LogP contribution in [0.4, 0.5) is 0 Å². The molecule has 1 aliphatic heterocycles. The third kappa shape index (κ3) is 1.08. The van der Waals surface area contributed by atoms with Gasteiger partial charge in [-0.2, -0.15) is 0 Å². The Labute approximate surface area is 65.1 Å². The smallest absolute Gasteiger partial charge is 0.231 e. The van der Waals surface area contributed by atoms with E-state index >= 15 is 0 Å². The molecule has 56 valence electrons. The van der Waals surface area contributed by atoms with Crippen LogP contribution in [0, 0.1) is 0 Å². The van der Waals surface area contributed by atoms with Crippen LogP contribution in [0.2, 0.25) is 0 Å². The van der Waals surface area contributed by atoms with Crippen LogP contribution in [0.5, 0.6) is 11.5 Å². The Balaban J connectivity index is 2.48. The van der Waals surface area contributed by atoms with E-state index < -0.39 is 0 Å². The third-order valence-electron chi connectivity index (χ3n) is 1.46. The molecule has 3 nitrogen and oxygen atoms in total. The average Bonchev–Trinajstić information content (AvgIpc) is 2.50. The first-order chi connectivity index (χ1) is 5.40. The molecule has 0 bridgehead atoms. The van der Waals surface area contributed by atoms with Crippen molar-refractivity contribution in [1.82, 2.24) is 0 Å². The molecule has 1 aromatic carbocycles. The van der Waals surface area contributed by atoms with Crippen LogP contribution in [0.3, 0.4) is 0 Å². The molecule has 0 amide bonds. The minimum absolute atomic E-state index is 0.00864. The molecule has 0 aliphatic carbocycles. The van der Waals surface area contributed by atoms with Crippen molar-refractivity contribution in [3.63, 3.8) is 0 Å². The largest absolute Gasteiger partial charge is 0.454 e. The molecule has 2 rings (SSSR count). The monoisotopic (exact) mass is 168 g/mol. The summed E-state index contributed by atoms with van der Waals surface area (Å²) < 4.78 is 20.6. The molecule has 0 saturated heterocycles. The zero-order valence-electron chi connectivity index (χ0n) is 5.61. The Morgan fingerprint density at radius 2 is 2.09 bits per heavy atom. The minimum atomic E-state index is 0.00864. The minimum Gasteiger partial charge on any atom is -0.454 e. The molecule has 0 atom stereocenters. The maximum absolute atomic E-state index is 10.4. The zero-order valence-corrected chi connectivity index (χ0v) is 6.51. The fourth-order valence-corrected chi connectivity index (χ4v) is 1.25. The SMILES string of the molecule is O=Pc1ccc2c(c1)OCO2. The van der Waals surface area contributed by atoms with E-state index in [9.17, 15) is 4.57 Å². The van der Waals surface area contributed by atoms with Crippen LogP contribution >= 0.6 is 8.46 Å². The Morgan fingerprint density at radius 3 is 2.91 bits per heavy atom. The summed E-state index contributed by atoms with van der Waals surface area (Å²) in [5.41, 5.74) is 0. The molecule has 0 fully saturated rings. The predicted octanol–water partition coefficient (Wildman–Crippen LogP) is 1.33. The molecule has 0 saturated carbocycles. The lowest BCUT2D eigenvalue weighted by Gasteiger charge is -1.93. The average molecular weight is 168 g/mol. The summed E-state index contributed by atoms with van der Waals surface area (Å²) in [6.07, 6.45) is 0. The van der Waals surface area contributed by atoms with Gasteiger partial charge < -0.3 is 9.47 Å². The number of hydrogen-bond donors (Lipinski definition) is 0. The Kier molecular flexibility index (Phi) is 1.51. The molecule has 1 aromatic rings. The van der Waals surface area contributed by atoms with Gasteiger partial charge >= 0.3 is 0 Å². The maximum atomic E-state index is 10.4. The van der Waals surface area contributed by atoms with Gasteiger partial charge in [-0.25, -0.2) is 0 Å². The summed E-state index contributed by atoms with van der Waals surface area (Å²) in [5, 5.41) is 0.703. The maximum Gasteiger partial charge on any atom is 0.231 e. The molecule has 0 N–H and O–H groups in total. The molecule has 0 radical (unpaired) electrons. The summed E-state index contributed by atoms with van der Waals surface area (Å²) in [6.45, 7) is 0.258. The van der Waals surface area contributed by atoms with Crippen molar-refractivity contribution >= 4 is 13.8 Å². The molecule has 11 heavy (non-hydrogen) atoms. The highest BCUT2D eigenvalue weighted by molar-refractivity contribution is 7.34. The molecule has 4 heteroatoms. The van der Waals surface area contributed by atoms with E-state index in [-0.39, 0.29) is 15.3 Å². The second kappa shape index (κ2) is 2.51. The first-order valence-electron chi connectivity index (χ1n) is 3.13. The summed E-state index contributed by atoms with van der Waals surface area (Å²) in [6, 6.07) is 5.20. The van der Waals surface area contributed by atoms with Gasteiger partial charge in [-0.1, -0.05) is 0 Å². The zero-order chi connectivity index (χ0) is 7.68. The van der Waals surface area contributed by atoms with Crippen LogP contribution in [-0.2, 0) is 4.57 Å².